The number of hydrogen-bond acceptors (Lipinski definition) is 2. The summed E-state index contributed by atoms with van der Waals surface area (Å²) in [6.45, 7) is 0.933. The number of nitrogens with one attached hydrogen (secondary N) is 1. The topological polar surface area (TPSA) is 52.6 Å². The highest BCUT2D eigenvalue weighted by atomic mass is 16.3. The van der Waals surface area contributed by atoms with Gasteiger partial charge in [0, 0.05) is 18.6 Å². The predicted octanol–water partition coefficient (Wildman–Crippen LogP) is 2.65. The number of amides is 2. The van der Waals surface area contributed by atoms with Crippen LogP contribution >= 0.6 is 0 Å². The smallest absolute Gasteiger partial charge is 0.317 e. The highest BCUT2D eigenvalue weighted by Crippen LogP contribution is 2.35. The van der Waals surface area contributed by atoms with Gasteiger partial charge in [0.15, 0.2) is 0 Å². The van der Waals surface area contributed by atoms with Gasteiger partial charge in [-0.2, -0.15) is 0 Å². The second kappa shape index (κ2) is 6.33. The molecule has 2 saturated carbocycles. The van der Waals surface area contributed by atoms with Gasteiger partial charge >= 0.3 is 6.03 Å². The summed E-state index contributed by atoms with van der Waals surface area (Å²) in [5, 5.41) is 12.7. The van der Waals surface area contributed by atoms with Crippen LogP contribution in [0.25, 0.3) is 0 Å². The van der Waals surface area contributed by atoms with E-state index in [0.29, 0.717) is 6.04 Å². The molecule has 0 aromatic heterocycles. The third kappa shape index (κ3) is 3.11. The van der Waals surface area contributed by atoms with Gasteiger partial charge in [-0.25, -0.2) is 4.79 Å². The first-order chi connectivity index (χ1) is 9.74. The van der Waals surface area contributed by atoms with Crippen LogP contribution in [0, 0.1) is 5.92 Å². The highest BCUT2D eigenvalue weighted by Gasteiger charge is 2.36. The van der Waals surface area contributed by atoms with Gasteiger partial charge in [0.05, 0.1) is 6.10 Å². The highest BCUT2D eigenvalue weighted by molar-refractivity contribution is 5.75. The Morgan fingerprint density at radius 3 is 2.35 bits per heavy atom. The van der Waals surface area contributed by atoms with Gasteiger partial charge in [-0.05, 0) is 57.3 Å². The van der Waals surface area contributed by atoms with E-state index in [9.17, 15) is 9.90 Å². The minimum Gasteiger partial charge on any atom is -0.393 e. The minimum absolute atomic E-state index is 0.152. The van der Waals surface area contributed by atoms with E-state index in [4.69, 9.17) is 0 Å². The zero-order valence-corrected chi connectivity index (χ0v) is 12.4. The van der Waals surface area contributed by atoms with E-state index in [0.717, 1.165) is 44.6 Å². The molecule has 0 spiro atoms. The first-order valence-electron chi connectivity index (χ1n) is 8.49. The van der Waals surface area contributed by atoms with Crippen LogP contribution < -0.4 is 5.32 Å². The average molecular weight is 280 g/mol. The molecule has 1 saturated heterocycles. The fourth-order valence-electron chi connectivity index (χ4n) is 4.35. The van der Waals surface area contributed by atoms with Gasteiger partial charge in [0.25, 0.3) is 0 Å². The molecule has 2 amide bonds. The van der Waals surface area contributed by atoms with Crippen LogP contribution in [0.2, 0.25) is 0 Å². The predicted molar refractivity (Wildman–Crippen MR) is 78.5 cm³/mol. The van der Waals surface area contributed by atoms with Crippen molar-refractivity contribution < 1.29 is 9.90 Å². The maximum absolute atomic E-state index is 12.5. The summed E-state index contributed by atoms with van der Waals surface area (Å²) < 4.78 is 0. The van der Waals surface area contributed by atoms with Crippen molar-refractivity contribution in [3.63, 3.8) is 0 Å². The molecule has 0 aromatic rings. The molecule has 0 bridgehead atoms. The number of carbonyl (C=O) groups excluding carboxylic acids is 1. The second-order valence-electron chi connectivity index (χ2n) is 6.90. The zero-order chi connectivity index (χ0) is 13.9. The molecule has 20 heavy (non-hydrogen) atoms. The Kier molecular flexibility index (Phi) is 4.49. The standard InChI is InChI=1S/C16H28N2O2/c19-14-9-7-13(8-10-14)17-16(20)18-11-3-6-15(18)12-4-1-2-5-12/h12-15,19H,1-11H2,(H,17,20). The molecular weight excluding hydrogens is 252 g/mol. The Morgan fingerprint density at radius 2 is 1.65 bits per heavy atom. The number of nitrogens with zero attached hydrogens (tertiary/aromatic N) is 1. The van der Waals surface area contributed by atoms with E-state index in [2.05, 4.69) is 10.2 Å². The van der Waals surface area contributed by atoms with Crippen molar-refractivity contribution in [1.29, 1.82) is 0 Å². The summed E-state index contributed by atoms with van der Waals surface area (Å²) in [6, 6.07) is 0.920. The minimum atomic E-state index is -0.152. The van der Waals surface area contributed by atoms with Gasteiger partial charge < -0.3 is 15.3 Å². The first-order valence-corrected chi connectivity index (χ1v) is 8.49. The molecule has 1 aliphatic heterocycles. The van der Waals surface area contributed by atoms with Crippen LogP contribution in [0.1, 0.15) is 64.2 Å². The maximum atomic E-state index is 12.5. The monoisotopic (exact) mass is 280 g/mol. The summed E-state index contributed by atoms with van der Waals surface area (Å²) in [5.74, 6) is 0.747. The lowest BCUT2D eigenvalue weighted by Gasteiger charge is -2.33. The van der Waals surface area contributed by atoms with Crippen molar-refractivity contribution in [2.75, 3.05) is 6.54 Å². The van der Waals surface area contributed by atoms with Crippen LogP contribution in [-0.4, -0.2) is 40.8 Å². The third-order valence-electron chi connectivity index (χ3n) is 5.53. The molecule has 3 fully saturated rings. The fraction of sp³-hybridized carbons (Fsp3) is 0.938. The lowest BCUT2D eigenvalue weighted by molar-refractivity contribution is 0.113. The van der Waals surface area contributed by atoms with Crippen LogP contribution in [0.4, 0.5) is 4.79 Å². The fourth-order valence-corrected chi connectivity index (χ4v) is 4.35. The van der Waals surface area contributed by atoms with Gasteiger partial charge in [-0.15, -0.1) is 0 Å². The molecule has 1 unspecified atom stereocenters. The van der Waals surface area contributed by atoms with Crippen molar-refractivity contribution in [1.82, 2.24) is 10.2 Å². The number of hydrogen-bond donors (Lipinski definition) is 2. The Labute approximate surface area is 121 Å². The van der Waals surface area contributed by atoms with Gasteiger partial charge in [-0.1, -0.05) is 12.8 Å². The molecular formula is C16H28N2O2. The molecule has 3 aliphatic rings. The van der Waals surface area contributed by atoms with Crippen molar-refractivity contribution in [2.24, 2.45) is 5.92 Å². The molecule has 2 N–H and O–H groups in total. The van der Waals surface area contributed by atoms with E-state index in [1.807, 2.05) is 0 Å². The first kappa shape index (κ1) is 14.2. The summed E-state index contributed by atoms with van der Waals surface area (Å²) in [5.41, 5.74) is 0. The third-order valence-corrected chi connectivity index (χ3v) is 5.53. The van der Waals surface area contributed by atoms with E-state index in [1.54, 1.807) is 0 Å². The van der Waals surface area contributed by atoms with Crippen molar-refractivity contribution >= 4 is 6.03 Å². The Bertz CT molecular complexity index is 333. The van der Waals surface area contributed by atoms with Crippen molar-refractivity contribution in [2.45, 2.75) is 82.4 Å². The molecule has 0 aromatic carbocycles. The van der Waals surface area contributed by atoms with Gasteiger partial charge in [0.2, 0.25) is 0 Å². The molecule has 3 rings (SSSR count). The van der Waals surface area contributed by atoms with E-state index in [-0.39, 0.29) is 18.2 Å². The van der Waals surface area contributed by atoms with Gasteiger partial charge in [0.1, 0.15) is 0 Å². The average Bonchev–Trinajstić information content (AvgIpc) is 3.11. The van der Waals surface area contributed by atoms with Crippen LogP contribution in [0.5, 0.6) is 0 Å². The van der Waals surface area contributed by atoms with E-state index >= 15 is 0 Å². The largest absolute Gasteiger partial charge is 0.393 e. The van der Waals surface area contributed by atoms with Crippen LogP contribution in [0.15, 0.2) is 0 Å². The second-order valence-corrected chi connectivity index (χ2v) is 6.90. The number of likely N-dealkylation sites (tertiary alicyclic amines) is 1. The normalized spacial score (nSPS) is 35.5. The SMILES string of the molecule is O=C(NC1CCC(O)CC1)N1CCCC1C1CCCC1. The quantitative estimate of drug-likeness (QED) is 0.817. The Morgan fingerprint density at radius 1 is 0.950 bits per heavy atom. The lowest BCUT2D eigenvalue weighted by Crippen LogP contribution is -2.49. The Balaban J connectivity index is 1.53. The molecule has 1 heterocycles. The van der Waals surface area contributed by atoms with Crippen LogP contribution in [0.3, 0.4) is 0 Å². The molecule has 4 nitrogen and oxygen atoms in total. The number of aliphatic hydroxyl groups is 1. The number of aliphatic hydroxyl groups excluding tert-OH is 1. The molecule has 114 valence electrons. The maximum Gasteiger partial charge on any atom is 0.317 e. The molecule has 4 heteroatoms. The summed E-state index contributed by atoms with van der Waals surface area (Å²) in [4.78, 5) is 14.6. The van der Waals surface area contributed by atoms with Crippen molar-refractivity contribution in [3.8, 4) is 0 Å². The molecule has 0 radical (unpaired) electrons. The number of rotatable bonds is 2. The Hall–Kier alpha value is -0.770. The summed E-state index contributed by atoms with van der Waals surface area (Å²) in [6.07, 6.45) is 11.0. The summed E-state index contributed by atoms with van der Waals surface area (Å²) >= 11 is 0. The number of urea groups is 1. The molecule has 2 aliphatic carbocycles. The van der Waals surface area contributed by atoms with E-state index in [1.165, 1.54) is 32.1 Å². The van der Waals surface area contributed by atoms with Crippen LogP contribution in [-0.2, 0) is 0 Å². The van der Waals surface area contributed by atoms with Crippen molar-refractivity contribution in [3.05, 3.63) is 0 Å². The lowest BCUT2D eigenvalue weighted by atomic mass is 9.93. The molecule has 1 atom stereocenters. The zero-order valence-electron chi connectivity index (χ0n) is 12.4. The summed E-state index contributed by atoms with van der Waals surface area (Å²) in [7, 11) is 0. The van der Waals surface area contributed by atoms with E-state index < -0.39 is 0 Å². The number of carbonyl (C=O) groups is 1. The van der Waals surface area contributed by atoms with Gasteiger partial charge in [-0.3, -0.25) is 0 Å².